The molecule has 2 heterocycles. The van der Waals surface area contributed by atoms with Gasteiger partial charge >= 0.3 is 5.97 Å². The summed E-state index contributed by atoms with van der Waals surface area (Å²) >= 11 is 1.54. The molecule has 0 saturated carbocycles. The average Bonchev–Trinajstić information content (AvgIpc) is 2.81. The molecule has 0 amide bonds. The topological polar surface area (TPSA) is 38.3 Å². The van der Waals surface area contributed by atoms with Gasteiger partial charge in [-0.25, -0.2) is 4.79 Å². The van der Waals surface area contributed by atoms with E-state index >= 15 is 0 Å². The molecule has 0 aliphatic carbocycles. The summed E-state index contributed by atoms with van der Waals surface area (Å²) in [5.41, 5.74) is 0.862. The first-order valence-corrected chi connectivity index (χ1v) is 5.83. The van der Waals surface area contributed by atoms with Crippen LogP contribution in [0.3, 0.4) is 0 Å². The fourth-order valence-electron chi connectivity index (χ4n) is 1.70. The normalized spacial score (nSPS) is 18.5. The summed E-state index contributed by atoms with van der Waals surface area (Å²) in [5, 5.41) is 5.13. The highest BCUT2D eigenvalue weighted by Gasteiger charge is 2.29. The van der Waals surface area contributed by atoms with E-state index in [9.17, 15) is 4.79 Å². The number of para-hydroxylation sites is 2. The van der Waals surface area contributed by atoms with Crippen molar-refractivity contribution in [2.45, 2.75) is 6.04 Å². The zero-order valence-electron chi connectivity index (χ0n) is 8.34. The van der Waals surface area contributed by atoms with Crippen LogP contribution in [0.15, 0.2) is 41.8 Å². The third kappa shape index (κ3) is 1.47. The third-order valence-corrected chi connectivity index (χ3v) is 3.40. The maximum absolute atomic E-state index is 11.8. The largest absolute Gasteiger partial charge is 0.423 e. The van der Waals surface area contributed by atoms with Gasteiger partial charge in [-0.15, -0.1) is 11.3 Å². The fourth-order valence-corrected chi connectivity index (χ4v) is 2.46. The molecular formula is C12H9NO2S. The number of carbonyl (C=O) groups is 1. The summed E-state index contributed by atoms with van der Waals surface area (Å²) in [6.45, 7) is 0. The number of fused-ring (bicyclic) bond motifs is 1. The lowest BCUT2D eigenvalue weighted by molar-refractivity contribution is -0.135. The van der Waals surface area contributed by atoms with Crippen molar-refractivity contribution < 1.29 is 9.53 Å². The van der Waals surface area contributed by atoms with E-state index in [4.69, 9.17) is 4.74 Å². The van der Waals surface area contributed by atoms with E-state index in [0.717, 1.165) is 10.6 Å². The second-order valence-electron chi connectivity index (χ2n) is 3.51. The number of hydrogen-bond donors (Lipinski definition) is 1. The van der Waals surface area contributed by atoms with Crippen LogP contribution < -0.4 is 10.1 Å². The molecule has 0 spiro atoms. The zero-order chi connectivity index (χ0) is 11.0. The van der Waals surface area contributed by atoms with Crippen LogP contribution in [0.25, 0.3) is 0 Å². The standard InChI is InChI=1S/C12H9NO2S/c14-12-11(10-6-3-7-16-10)13-8-4-1-2-5-9(8)15-12/h1-7,11,13H/t11-/m0/s1. The predicted octanol–water partition coefficient (Wildman–Crippen LogP) is 2.82. The van der Waals surface area contributed by atoms with Crippen LogP contribution in [0.5, 0.6) is 5.75 Å². The second-order valence-corrected chi connectivity index (χ2v) is 4.49. The Labute approximate surface area is 96.7 Å². The molecule has 0 unspecified atom stereocenters. The summed E-state index contributed by atoms with van der Waals surface area (Å²) < 4.78 is 5.27. The number of anilines is 1. The lowest BCUT2D eigenvalue weighted by atomic mass is 10.1. The number of rotatable bonds is 1. The number of thiophene rings is 1. The molecule has 0 fully saturated rings. The first kappa shape index (κ1) is 9.42. The molecule has 2 aromatic rings. The molecule has 3 nitrogen and oxygen atoms in total. The maximum atomic E-state index is 11.8. The molecule has 1 N–H and O–H groups in total. The molecule has 1 aliphatic rings. The Morgan fingerprint density at radius 3 is 2.88 bits per heavy atom. The first-order chi connectivity index (χ1) is 7.84. The van der Waals surface area contributed by atoms with Gasteiger partial charge in [0.1, 0.15) is 0 Å². The van der Waals surface area contributed by atoms with Gasteiger partial charge in [0.2, 0.25) is 0 Å². The Kier molecular flexibility index (Phi) is 2.15. The van der Waals surface area contributed by atoms with E-state index in [2.05, 4.69) is 5.32 Å². The molecular weight excluding hydrogens is 222 g/mol. The van der Waals surface area contributed by atoms with Gasteiger partial charge in [-0.05, 0) is 23.6 Å². The highest BCUT2D eigenvalue weighted by atomic mass is 32.1. The Balaban J connectivity index is 1.98. The molecule has 1 aliphatic heterocycles. The zero-order valence-corrected chi connectivity index (χ0v) is 9.16. The smallest absolute Gasteiger partial charge is 0.339 e. The Hall–Kier alpha value is -1.81. The number of benzene rings is 1. The number of esters is 1. The molecule has 1 atom stereocenters. The van der Waals surface area contributed by atoms with Crippen molar-refractivity contribution in [3.63, 3.8) is 0 Å². The van der Waals surface area contributed by atoms with Crippen LogP contribution in [-0.2, 0) is 4.79 Å². The van der Waals surface area contributed by atoms with E-state index in [1.54, 1.807) is 17.4 Å². The number of hydrogen-bond acceptors (Lipinski definition) is 4. The maximum Gasteiger partial charge on any atom is 0.339 e. The predicted molar refractivity (Wildman–Crippen MR) is 62.8 cm³/mol. The number of ether oxygens (including phenoxy) is 1. The van der Waals surface area contributed by atoms with Crippen LogP contribution in [0.4, 0.5) is 5.69 Å². The molecule has 4 heteroatoms. The minimum Gasteiger partial charge on any atom is -0.423 e. The SMILES string of the molecule is O=C1Oc2ccccc2N[C@H]1c1cccs1. The van der Waals surface area contributed by atoms with Gasteiger partial charge in [0.15, 0.2) is 11.8 Å². The lowest BCUT2D eigenvalue weighted by Crippen LogP contribution is -2.29. The van der Waals surface area contributed by atoms with Crippen LogP contribution in [-0.4, -0.2) is 5.97 Å². The molecule has 3 rings (SSSR count). The highest BCUT2D eigenvalue weighted by molar-refractivity contribution is 7.10. The van der Waals surface area contributed by atoms with Crippen molar-refractivity contribution in [2.75, 3.05) is 5.32 Å². The van der Waals surface area contributed by atoms with Crippen molar-refractivity contribution in [3.05, 3.63) is 46.7 Å². The van der Waals surface area contributed by atoms with Gasteiger partial charge < -0.3 is 10.1 Å². The Bertz CT molecular complexity index is 522. The van der Waals surface area contributed by atoms with E-state index in [0.29, 0.717) is 5.75 Å². The summed E-state index contributed by atoms with van der Waals surface area (Å²) in [6.07, 6.45) is 0. The van der Waals surface area contributed by atoms with Crippen molar-refractivity contribution in [3.8, 4) is 5.75 Å². The van der Waals surface area contributed by atoms with Crippen LogP contribution >= 0.6 is 11.3 Å². The average molecular weight is 231 g/mol. The van der Waals surface area contributed by atoms with E-state index in [1.807, 2.05) is 35.7 Å². The molecule has 0 bridgehead atoms. The van der Waals surface area contributed by atoms with Gasteiger partial charge in [-0.3, -0.25) is 0 Å². The molecule has 1 aromatic carbocycles. The quantitative estimate of drug-likeness (QED) is 0.606. The third-order valence-electron chi connectivity index (χ3n) is 2.46. The second kappa shape index (κ2) is 3.64. The summed E-state index contributed by atoms with van der Waals surface area (Å²) in [5.74, 6) is 0.349. The summed E-state index contributed by atoms with van der Waals surface area (Å²) in [7, 11) is 0. The van der Waals surface area contributed by atoms with E-state index in [1.165, 1.54) is 0 Å². The van der Waals surface area contributed by atoms with Gasteiger partial charge in [-0.1, -0.05) is 18.2 Å². The Morgan fingerprint density at radius 1 is 1.19 bits per heavy atom. The van der Waals surface area contributed by atoms with Crippen LogP contribution in [0.1, 0.15) is 10.9 Å². The van der Waals surface area contributed by atoms with Gasteiger partial charge in [0.25, 0.3) is 0 Å². The minimum absolute atomic E-state index is 0.249. The Morgan fingerprint density at radius 2 is 2.06 bits per heavy atom. The van der Waals surface area contributed by atoms with Gasteiger partial charge in [0, 0.05) is 4.88 Å². The number of carbonyl (C=O) groups excluding carboxylic acids is 1. The fraction of sp³-hybridized carbons (Fsp3) is 0.0833. The minimum atomic E-state index is -0.380. The lowest BCUT2D eigenvalue weighted by Gasteiger charge is -2.24. The van der Waals surface area contributed by atoms with Crippen molar-refractivity contribution in [1.82, 2.24) is 0 Å². The van der Waals surface area contributed by atoms with E-state index < -0.39 is 0 Å². The molecule has 0 radical (unpaired) electrons. The summed E-state index contributed by atoms with van der Waals surface area (Å²) in [4.78, 5) is 12.7. The van der Waals surface area contributed by atoms with Gasteiger partial charge in [0.05, 0.1) is 5.69 Å². The molecule has 16 heavy (non-hydrogen) atoms. The first-order valence-electron chi connectivity index (χ1n) is 4.95. The molecule has 1 aromatic heterocycles. The summed E-state index contributed by atoms with van der Waals surface area (Å²) in [6, 6.07) is 10.9. The number of nitrogens with one attached hydrogen (secondary N) is 1. The van der Waals surface area contributed by atoms with Crippen LogP contribution in [0.2, 0.25) is 0 Å². The molecule has 80 valence electrons. The van der Waals surface area contributed by atoms with Crippen molar-refractivity contribution >= 4 is 23.0 Å². The van der Waals surface area contributed by atoms with E-state index in [-0.39, 0.29) is 12.0 Å². The van der Waals surface area contributed by atoms with Crippen LogP contribution in [0, 0.1) is 0 Å². The van der Waals surface area contributed by atoms with Crippen molar-refractivity contribution in [1.29, 1.82) is 0 Å². The monoisotopic (exact) mass is 231 g/mol. The molecule has 0 saturated heterocycles. The van der Waals surface area contributed by atoms with Gasteiger partial charge in [-0.2, -0.15) is 0 Å². The van der Waals surface area contributed by atoms with Crippen molar-refractivity contribution in [2.24, 2.45) is 0 Å². The highest BCUT2D eigenvalue weighted by Crippen LogP contribution is 2.35.